The molecule has 12 heteroatoms. The Hall–Kier alpha value is -3.90. The van der Waals surface area contributed by atoms with E-state index < -0.39 is 12.5 Å². The Kier molecular flexibility index (Phi) is 5.79. The summed E-state index contributed by atoms with van der Waals surface area (Å²) in [6, 6.07) is 10.5. The molecule has 12 nitrogen and oxygen atoms in total. The molecule has 0 aliphatic rings. The molecule has 4 heterocycles. The molecule has 0 amide bonds. The van der Waals surface area contributed by atoms with Gasteiger partial charge in [0.1, 0.15) is 23.3 Å². The van der Waals surface area contributed by atoms with Crippen LogP contribution in [0.1, 0.15) is 47.1 Å². The monoisotopic (exact) mass is 436 g/mol. The highest BCUT2D eigenvalue weighted by molar-refractivity contribution is 5.54. The van der Waals surface area contributed by atoms with Crippen LogP contribution in [-0.4, -0.2) is 49.9 Å². The predicted octanol–water partition coefficient (Wildman–Crippen LogP) is 1.03. The first-order chi connectivity index (χ1) is 15.3. The molecular weight excluding hydrogens is 412 g/mol. The molecule has 0 bridgehead atoms. The van der Waals surface area contributed by atoms with Crippen molar-refractivity contribution in [1.29, 1.82) is 0 Å². The molecule has 2 atom stereocenters. The van der Waals surface area contributed by atoms with E-state index in [0.717, 1.165) is 0 Å². The summed E-state index contributed by atoms with van der Waals surface area (Å²) in [4.78, 5) is 9.06. The molecule has 0 radical (unpaired) electrons. The van der Waals surface area contributed by atoms with E-state index in [0.29, 0.717) is 46.1 Å². The molecule has 0 spiro atoms. The summed E-state index contributed by atoms with van der Waals surface area (Å²) >= 11 is 0. The van der Waals surface area contributed by atoms with Crippen LogP contribution < -0.4 is 10.9 Å². The lowest BCUT2D eigenvalue weighted by atomic mass is 10.2. The molecule has 4 rings (SSSR count). The Morgan fingerprint density at radius 1 is 0.625 bits per heavy atom. The van der Waals surface area contributed by atoms with Crippen LogP contribution in [0.25, 0.3) is 11.4 Å². The Morgan fingerprint density at radius 3 is 1.31 bits per heavy atom. The summed E-state index contributed by atoms with van der Waals surface area (Å²) in [7, 11) is 0. The van der Waals surface area contributed by atoms with E-state index >= 15 is 0 Å². The van der Waals surface area contributed by atoms with Gasteiger partial charge in [0.05, 0.1) is 22.8 Å². The zero-order valence-corrected chi connectivity index (χ0v) is 18.1. The van der Waals surface area contributed by atoms with Crippen LogP contribution in [-0.2, 0) is 0 Å². The van der Waals surface area contributed by atoms with E-state index in [-0.39, 0.29) is 0 Å². The number of aromatic nitrogens is 8. The van der Waals surface area contributed by atoms with E-state index in [1.165, 1.54) is 0 Å². The second-order valence-electron chi connectivity index (χ2n) is 7.22. The second kappa shape index (κ2) is 8.69. The van der Waals surface area contributed by atoms with Crippen LogP contribution in [0.5, 0.6) is 0 Å². The highest BCUT2D eigenvalue weighted by Gasteiger charge is 2.16. The molecule has 4 aromatic heterocycles. The maximum Gasteiger partial charge on any atom is 0.181 e. The molecule has 0 aromatic carbocycles. The van der Waals surface area contributed by atoms with Gasteiger partial charge in [0.15, 0.2) is 12.5 Å². The Labute approximate surface area is 184 Å². The van der Waals surface area contributed by atoms with Crippen molar-refractivity contribution >= 4 is 0 Å². The first-order valence-electron chi connectivity index (χ1n) is 9.94. The quantitative estimate of drug-likeness (QED) is 0.309. The van der Waals surface area contributed by atoms with Crippen molar-refractivity contribution in [1.82, 2.24) is 39.7 Å². The predicted molar refractivity (Wildman–Crippen MR) is 115 cm³/mol. The van der Waals surface area contributed by atoms with Crippen LogP contribution in [0.4, 0.5) is 0 Å². The molecule has 0 fully saturated rings. The lowest BCUT2D eigenvalue weighted by Crippen LogP contribution is -2.24. The minimum Gasteiger partial charge on any atom is -0.367 e. The first-order valence-corrected chi connectivity index (χ1v) is 9.94. The Morgan fingerprint density at radius 2 is 0.969 bits per heavy atom. The molecule has 4 N–H and O–H groups in total. The van der Waals surface area contributed by atoms with Crippen molar-refractivity contribution in [2.45, 2.75) is 40.2 Å². The van der Waals surface area contributed by atoms with Gasteiger partial charge in [-0.3, -0.25) is 10.9 Å². The topological polar surface area (TPSA) is 152 Å². The molecular formula is C20H24N10O2. The third-order valence-corrected chi connectivity index (χ3v) is 4.84. The van der Waals surface area contributed by atoms with Crippen LogP contribution in [0, 0.1) is 27.7 Å². The first kappa shape index (κ1) is 21.3. The van der Waals surface area contributed by atoms with Gasteiger partial charge in [0.25, 0.3) is 0 Å². The number of aryl methyl sites for hydroxylation is 4. The number of pyridine rings is 2. The van der Waals surface area contributed by atoms with Gasteiger partial charge in [0.2, 0.25) is 0 Å². The van der Waals surface area contributed by atoms with Gasteiger partial charge in [0, 0.05) is 0 Å². The van der Waals surface area contributed by atoms with Gasteiger partial charge in [-0.1, -0.05) is 12.1 Å². The minimum absolute atomic E-state index is 0.400. The number of nitrogens with one attached hydrogen (secondary N) is 2. The lowest BCUT2D eigenvalue weighted by molar-refractivity contribution is 0.185. The van der Waals surface area contributed by atoms with Crippen LogP contribution in [0.3, 0.4) is 0 Å². The third kappa shape index (κ3) is 4.26. The SMILES string of the molecule is Cc1nnc(C)n1NC(O)c1cccc(-c2cccc(C(O)Nn3c(C)nnc3C)n2)n1. The molecule has 0 saturated heterocycles. The van der Waals surface area contributed by atoms with Crippen molar-refractivity contribution in [2.24, 2.45) is 0 Å². The smallest absolute Gasteiger partial charge is 0.181 e. The summed E-state index contributed by atoms with van der Waals surface area (Å²) in [5.41, 5.74) is 7.73. The molecule has 2 unspecified atom stereocenters. The van der Waals surface area contributed by atoms with Gasteiger partial charge >= 0.3 is 0 Å². The van der Waals surface area contributed by atoms with Crippen LogP contribution in [0.15, 0.2) is 36.4 Å². The average molecular weight is 436 g/mol. The van der Waals surface area contributed by atoms with Crippen LogP contribution in [0.2, 0.25) is 0 Å². The van der Waals surface area contributed by atoms with Crippen molar-refractivity contribution in [2.75, 3.05) is 10.9 Å². The summed E-state index contributed by atoms with van der Waals surface area (Å²) in [5, 5.41) is 37.1. The highest BCUT2D eigenvalue weighted by atomic mass is 16.3. The van der Waals surface area contributed by atoms with Gasteiger partial charge in [-0.05, 0) is 52.0 Å². The van der Waals surface area contributed by atoms with Gasteiger partial charge < -0.3 is 10.2 Å². The third-order valence-electron chi connectivity index (χ3n) is 4.84. The molecule has 0 aliphatic heterocycles. The summed E-state index contributed by atoms with van der Waals surface area (Å²) in [5.74, 6) is 2.47. The van der Waals surface area contributed by atoms with Crippen molar-refractivity contribution in [3.63, 3.8) is 0 Å². The number of aliphatic hydroxyl groups excluding tert-OH is 2. The number of hydrogen-bond acceptors (Lipinski definition) is 10. The number of rotatable bonds is 7. The zero-order valence-electron chi connectivity index (χ0n) is 18.1. The average Bonchev–Trinajstić information content (AvgIpc) is 3.29. The maximum atomic E-state index is 10.6. The Balaban J connectivity index is 1.55. The fourth-order valence-electron chi connectivity index (χ4n) is 3.18. The molecule has 4 aromatic rings. The highest BCUT2D eigenvalue weighted by Crippen LogP contribution is 2.20. The van der Waals surface area contributed by atoms with Gasteiger partial charge in [-0.15, -0.1) is 20.4 Å². The minimum atomic E-state index is -1.08. The van der Waals surface area contributed by atoms with E-state index in [1.807, 2.05) is 0 Å². The summed E-state index contributed by atoms with van der Waals surface area (Å²) < 4.78 is 3.18. The molecule has 32 heavy (non-hydrogen) atoms. The fourth-order valence-corrected chi connectivity index (χ4v) is 3.18. The van der Waals surface area contributed by atoms with Crippen molar-refractivity contribution in [3.05, 3.63) is 71.1 Å². The molecule has 166 valence electrons. The lowest BCUT2D eigenvalue weighted by Gasteiger charge is -2.17. The number of aliphatic hydroxyl groups is 2. The van der Waals surface area contributed by atoms with Gasteiger partial charge in [-0.25, -0.2) is 19.3 Å². The largest absolute Gasteiger partial charge is 0.367 e. The standard InChI is InChI=1S/C20H24N10O2/c1-11-23-24-12(2)29(11)27-19(31)17-9-5-7-15(21-17)16-8-6-10-18(22-16)20(32)28-30-13(3)25-26-14(30)4/h5-10,19-20,27-28,31-32H,1-4H3. The van der Waals surface area contributed by atoms with Gasteiger partial charge in [-0.2, -0.15) is 0 Å². The van der Waals surface area contributed by atoms with Crippen molar-refractivity contribution in [3.8, 4) is 11.4 Å². The number of nitrogens with zero attached hydrogens (tertiary/aromatic N) is 8. The van der Waals surface area contributed by atoms with E-state index in [4.69, 9.17) is 0 Å². The van der Waals surface area contributed by atoms with E-state index in [2.05, 4.69) is 41.2 Å². The zero-order chi connectivity index (χ0) is 22.8. The van der Waals surface area contributed by atoms with Crippen molar-refractivity contribution < 1.29 is 10.2 Å². The normalized spacial score (nSPS) is 13.1. The number of hydrogen-bond donors (Lipinski definition) is 4. The summed E-state index contributed by atoms with van der Waals surface area (Å²) in [6.07, 6.45) is -2.17. The maximum absolute atomic E-state index is 10.6. The summed E-state index contributed by atoms with van der Waals surface area (Å²) in [6.45, 7) is 7.12. The van der Waals surface area contributed by atoms with E-state index in [1.54, 1.807) is 73.4 Å². The molecule has 0 aliphatic carbocycles. The van der Waals surface area contributed by atoms with E-state index in [9.17, 15) is 10.2 Å². The van der Waals surface area contributed by atoms with Crippen LogP contribution >= 0.6 is 0 Å². The fraction of sp³-hybridized carbons (Fsp3) is 0.300. The Bertz CT molecular complexity index is 1100. The second-order valence-corrected chi connectivity index (χ2v) is 7.22. The molecule has 0 saturated carbocycles.